The van der Waals surface area contributed by atoms with Crippen LogP contribution in [0.25, 0.3) is 0 Å². The average molecular weight is 203 g/mol. The quantitative estimate of drug-likeness (QED) is 0.608. The molecule has 0 rings (SSSR count). The Kier molecular flexibility index (Phi) is 9.10. The van der Waals surface area contributed by atoms with Gasteiger partial charge in [-0.1, -0.05) is 27.2 Å². The van der Waals surface area contributed by atoms with Gasteiger partial charge in [-0.05, 0) is 25.0 Å². The Balaban J connectivity index is 3.07. The predicted molar refractivity (Wildman–Crippen MR) is 64.5 cm³/mol. The van der Waals surface area contributed by atoms with Crippen LogP contribution in [0.1, 0.15) is 40.5 Å². The van der Waals surface area contributed by atoms with Gasteiger partial charge in [-0.3, -0.25) is 0 Å². The Morgan fingerprint density at radius 3 is 2.38 bits per heavy atom. The first-order chi connectivity index (χ1) is 6.18. The molecule has 1 nitrogen and oxygen atoms in total. The molecular formula is C11H25NS. The van der Waals surface area contributed by atoms with Crippen molar-refractivity contribution in [1.82, 2.24) is 5.32 Å². The van der Waals surface area contributed by atoms with Crippen LogP contribution in [-0.2, 0) is 0 Å². The smallest absolute Gasteiger partial charge is 0.00620 e. The van der Waals surface area contributed by atoms with E-state index in [1.54, 1.807) is 0 Å². The van der Waals surface area contributed by atoms with Gasteiger partial charge in [0.2, 0.25) is 0 Å². The number of unbranched alkanes of at least 4 members (excludes halogenated alkanes) is 1. The van der Waals surface area contributed by atoms with E-state index in [1.165, 1.54) is 24.3 Å². The number of rotatable bonds is 8. The first-order valence-electron chi connectivity index (χ1n) is 5.49. The number of thioether (sulfide) groups is 1. The molecule has 80 valence electrons. The minimum Gasteiger partial charge on any atom is -0.313 e. The van der Waals surface area contributed by atoms with E-state index in [9.17, 15) is 0 Å². The molecule has 0 saturated heterocycles. The van der Waals surface area contributed by atoms with Gasteiger partial charge in [0.1, 0.15) is 0 Å². The Morgan fingerprint density at radius 1 is 1.15 bits per heavy atom. The third-order valence-corrected chi connectivity index (χ3v) is 3.43. The number of hydrogen-bond acceptors (Lipinski definition) is 2. The van der Waals surface area contributed by atoms with Gasteiger partial charge >= 0.3 is 0 Å². The Morgan fingerprint density at radius 2 is 1.85 bits per heavy atom. The molecule has 0 spiro atoms. The first-order valence-corrected chi connectivity index (χ1v) is 6.65. The summed E-state index contributed by atoms with van der Waals surface area (Å²) >= 11 is 2.07. The Hall–Kier alpha value is 0.310. The zero-order valence-corrected chi connectivity index (χ0v) is 10.4. The maximum atomic E-state index is 3.54. The molecule has 0 aliphatic rings. The second-order valence-corrected chi connectivity index (χ2v) is 5.18. The molecule has 0 fully saturated rings. The highest BCUT2D eigenvalue weighted by Gasteiger charge is 2.04. The molecule has 0 saturated carbocycles. The monoisotopic (exact) mass is 203 g/mol. The molecule has 0 bridgehead atoms. The Labute approximate surface area is 88.1 Å². The summed E-state index contributed by atoms with van der Waals surface area (Å²) < 4.78 is 0. The van der Waals surface area contributed by atoms with Crippen LogP contribution in [0.15, 0.2) is 0 Å². The van der Waals surface area contributed by atoms with Gasteiger partial charge in [-0.2, -0.15) is 11.8 Å². The van der Waals surface area contributed by atoms with Crippen molar-refractivity contribution < 1.29 is 0 Å². The lowest BCUT2D eigenvalue weighted by atomic mass is 10.1. The fraction of sp³-hybridized carbons (Fsp3) is 1.00. The highest BCUT2D eigenvalue weighted by Crippen LogP contribution is 2.04. The lowest BCUT2D eigenvalue weighted by molar-refractivity contribution is 0.438. The average Bonchev–Trinajstić information content (AvgIpc) is 2.10. The van der Waals surface area contributed by atoms with E-state index < -0.39 is 0 Å². The van der Waals surface area contributed by atoms with Crippen molar-refractivity contribution in [3.8, 4) is 0 Å². The molecule has 0 aliphatic carbocycles. The topological polar surface area (TPSA) is 12.0 Å². The summed E-state index contributed by atoms with van der Waals surface area (Å²) in [4.78, 5) is 0. The van der Waals surface area contributed by atoms with Crippen LogP contribution in [-0.4, -0.2) is 24.1 Å². The molecule has 2 heteroatoms. The maximum Gasteiger partial charge on any atom is 0.00620 e. The highest BCUT2D eigenvalue weighted by molar-refractivity contribution is 7.99. The van der Waals surface area contributed by atoms with Crippen LogP contribution in [0, 0.1) is 5.92 Å². The summed E-state index contributed by atoms with van der Waals surface area (Å²) in [5, 5.41) is 3.54. The van der Waals surface area contributed by atoms with E-state index in [1.807, 2.05) is 0 Å². The van der Waals surface area contributed by atoms with Gasteiger partial charge in [0, 0.05) is 18.3 Å². The SMILES string of the molecule is CCCCSCCNC(C)C(C)C. The van der Waals surface area contributed by atoms with Gasteiger partial charge in [0.25, 0.3) is 0 Å². The van der Waals surface area contributed by atoms with Crippen LogP contribution in [0.5, 0.6) is 0 Å². The molecule has 0 aliphatic heterocycles. The van der Waals surface area contributed by atoms with Crippen molar-refractivity contribution in [3.63, 3.8) is 0 Å². The molecule has 1 unspecified atom stereocenters. The van der Waals surface area contributed by atoms with Crippen LogP contribution in [0.3, 0.4) is 0 Å². The van der Waals surface area contributed by atoms with E-state index in [0.717, 1.165) is 12.5 Å². The molecule has 13 heavy (non-hydrogen) atoms. The van der Waals surface area contributed by atoms with Crippen molar-refractivity contribution >= 4 is 11.8 Å². The largest absolute Gasteiger partial charge is 0.313 e. The van der Waals surface area contributed by atoms with Crippen LogP contribution < -0.4 is 5.32 Å². The van der Waals surface area contributed by atoms with E-state index in [-0.39, 0.29) is 0 Å². The van der Waals surface area contributed by atoms with Crippen molar-refractivity contribution in [3.05, 3.63) is 0 Å². The van der Waals surface area contributed by atoms with Gasteiger partial charge < -0.3 is 5.32 Å². The summed E-state index contributed by atoms with van der Waals surface area (Å²) in [5.41, 5.74) is 0. The fourth-order valence-electron chi connectivity index (χ4n) is 0.943. The van der Waals surface area contributed by atoms with Crippen LogP contribution in [0.4, 0.5) is 0 Å². The highest BCUT2D eigenvalue weighted by atomic mass is 32.2. The molecule has 0 aromatic rings. The summed E-state index contributed by atoms with van der Waals surface area (Å²) in [6.45, 7) is 10.2. The lowest BCUT2D eigenvalue weighted by Gasteiger charge is -2.16. The number of nitrogens with one attached hydrogen (secondary N) is 1. The van der Waals surface area contributed by atoms with Gasteiger partial charge in [-0.25, -0.2) is 0 Å². The molecular weight excluding hydrogens is 178 g/mol. The molecule has 1 N–H and O–H groups in total. The maximum absolute atomic E-state index is 3.54. The molecule has 0 amide bonds. The van der Waals surface area contributed by atoms with Crippen LogP contribution in [0.2, 0.25) is 0 Å². The van der Waals surface area contributed by atoms with Gasteiger partial charge in [0.05, 0.1) is 0 Å². The van der Waals surface area contributed by atoms with Gasteiger partial charge in [0.15, 0.2) is 0 Å². The number of hydrogen-bond donors (Lipinski definition) is 1. The normalized spacial score (nSPS) is 13.6. The minimum atomic E-state index is 0.659. The third-order valence-electron chi connectivity index (χ3n) is 2.35. The van der Waals surface area contributed by atoms with Gasteiger partial charge in [-0.15, -0.1) is 0 Å². The summed E-state index contributed by atoms with van der Waals surface area (Å²) in [6.07, 6.45) is 2.69. The van der Waals surface area contributed by atoms with E-state index >= 15 is 0 Å². The van der Waals surface area contributed by atoms with Crippen LogP contribution >= 0.6 is 11.8 Å². The summed E-state index contributed by atoms with van der Waals surface area (Å²) in [5.74, 6) is 3.34. The van der Waals surface area contributed by atoms with E-state index in [2.05, 4.69) is 44.8 Å². The van der Waals surface area contributed by atoms with Crippen molar-refractivity contribution in [1.29, 1.82) is 0 Å². The van der Waals surface area contributed by atoms with Crippen molar-refractivity contribution in [2.75, 3.05) is 18.1 Å². The molecule has 0 heterocycles. The first kappa shape index (κ1) is 13.3. The Bertz CT molecular complexity index is 104. The third kappa shape index (κ3) is 8.63. The fourth-order valence-corrected chi connectivity index (χ4v) is 1.90. The lowest BCUT2D eigenvalue weighted by Crippen LogP contribution is -2.32. The summed E-state index contributed by atoms with van der Waals surface area (Å²) in [6, 6.07) is 0.659. The zero-order valence-electron chi connectivity index (χ0n) is 9.60. The predicted octanol–water partition coefficient (Wildman–Crippen LogP) is 3.15. The molecule has 0 radical (unpaired) electrons. The zero-order chi connectivity index (χ0) is 10.1. The second kappa shape index (κ2) is 8.89. The summed E-state index contributed by atoms with van der Waals surface area (Å²) in [7, 11) is 0. The van der Waals surface area contributed by atoms with Crippen molar-refractivity contribution in [2.24, 2.45) is 5.92 Å². The van der Waals surface area contributed by atoms with E-state index in [4.69, 9.17) is 0 Å². The minimum absolute atomic E-state index is 0.659. The molecule has 1 atom stereocenters. The standard InChI is InChI=1S/C11H25NS/c1-5-6-8-13-9-7-12-11(4)10(2)3/h10-12H,5-9H2,1-4H3. The molecule has 0 aromatic carbocycles. The van der Waals surface area contributed by atoms with Crippen molar-refractivity contribution in [2.45, 2.75) is 46.6 Å². The van der Waals surface area contributed by atoms with E-state index in [0.29, 0.717) is 6.04 Å². The second-order valence-electron chi connectivity index (χ2n) is 3.95. The molecule has 0 aromatic heterocycles.